The maximum absolute atomic E-state index is 13.4. The molecule has 0 amide bonds. The summed E-state index contributed by atoms with van der Waals surface area (Å²) in [6, 6.07) is 10.8. The number of phenolic OH excluding ortho intramolecular Hbond substituents is 1. The minimum atomic E-state index is -4.58. The van der Waals surface area contributed by atoms with Gasteiger partial charge in [0.25, 0.3) is 0 Å². The molecule has 0 saturated heterocycles. The van der Waals surface area contributed by atoms with Crippen LogP contribution in [0.3, 0.4) is 0 Å². The summed E-state index contributed by atoms with van der Waals surface area (Å²) < 4.78 is 45.4. The lowest BCUT2D eigenvalue weighted by molar-refractivity contribution is -0.138. The second-order valence-electron chi connectivity index (χ2n) is 5.23. The monoisotopic (exact) mass is 332 g/mol. The van der Waals surface area contributed by atoms with E-state index in [9.17, 15) is 23.5 Å². The van der Waals surface area contributed by atoms with Crippen LogP contribution in [-0.2, 0) is 6.18 Å². The van der Waals surface area contributed by atoms with Crippen LogP contribution >= 0.6 is 0 Å². The summed E-state index contributed by atoms with van der Waals surface area (Å²) in [5.74, 6) is -1.31. The Kier molecular flexibility index (Phi) is 3.60. The maximum atomic E-state index is 13.4. The second kappa shape index (κ2) is 5.49. The average molecular weight is 332 g/mol. The summed E-state index contributed by atoms with van der Waals surface area (Å²) >= 11 is 0. The molecule has 0 aromatic heterocycles. The van der Waals surface area contributed by atoms with Crippen molar-refractivity contribution in [3.63, 3.8) is 0 Å². The number of aromatic hydroxyl groups is 1. The number of benzene rings is 2. The first-order valence-electron chi connectivity index (χ1n) is 6.89. The number of nitrogens with zero attached hydrogens (tertiary/aromatic N) is 1. The van der Waals surface area contributed by atoms with Gasteiger partial charge in [-0.05, 0) is 17.7 Å². The predicted octanol–water partition coefficient (Wildman–Crippen LogP) is 3.63. The molecular formula is C17H11F3N2O2. The van der Waals surface area contributed by atoms with Gasteiger partial charge in [0.15, 0.2) is 0 Å². The number of ether oxygens (including phenoxy) is 1. The van der Waals surface area contributed by atoms with Crippen LogP contribution in [0.4, 0.5) is 13.2 Å². The molecule has 1 aliphatic heterocycles. The van der Waals surface area contributed by atoms with Crippen LogP contribution in [0, 0.1) is 11.3 Å². The number of nitrogens with two attached hydrogens (primary N) is 1. The van der Waals surface area contributed by atoms with E-state index in [2.05, 4.69) is 0 Å². The van der Waals surface area contributed by atoms with Crippen molar-refractivity contribution in [1.29, 1.82) is 5.26 Å². The number of hydrogen-bond acceptors (Lipinski definition) is 4. The number of phenols is 1. The molecule has 3 N–H and O–H groups in total. The van der Waals surface area contributed by atoms with Gasteiger partial charge in [-0.15, -0.1) is 0 Å². The summed E-state index contributed by atoms with van der Waals surface area (Å²) in [4.78, 5) is 0. The van der Waals surface area contributed by atoms with Gasteiger partial charge in [-0.25, -0.2) is 0 Å². The molecule has 1 heterocycles. The highest BCUT2D eigenvalue weighted by atomic mass is 19.4. The molecule has 7 heteroatoms. The van der Waals surface area contributed by atoms with E-state index >= 15 is 0 Å². The number of halogens is 3. The van der Waals surface area contributed by atoms with Crippen molar-refractivity contribution in [3.8, 4) is 17.6 Å². The van der Waals surface area contributed by atoms with E-state index in [1.54, 1.807) is 0 Å². The molecule has 4 nitrogen and oxygen atoms in total. The molecule has 0 saturated carbocycles. The molecule has 24 heavy (non-hydrogen) atoms. The third-order valence-electron chi connectivity index (χ3n) is 3.78. The Morgan fingerprint density at radius 1 is 1.12 bits per heavy atom. The van der Waals surface area contributed by atoms with Crippen molar-refractivity contribution in [3.05, 3.63) is 70.6 Å². The van der Waals surface area contributed by atoms with Crippen molar-refractivity contribution in [2.45, 2.75) is 12.1 Å². The van der Waals surface area contributed by atoms with Gasteiger partial charge in [0.2, 0.25) is 5.88 Å². The molecule has 0 fully saturated rings. The van der Waals surface area contributed by atoms with Crippen molar-refractivity contribution in [2.75, 3.05) is 0 Å². The standard InChI is InChI=1S/C17H11F3N2O2/c18-17(19,20)13-4-2-1-3-10(13)15-11-6-5-9(23)7-14(11)24-16(22)12(15)8-21/h1-7,15,23H,22H2/t15-/m1/s1. The van der Waals surface area contributed by atoms with Gasteiger partial charge >= 0.3 is 6.18 Å². The fraction of sp³-hybridized carbons (Fsp3) is 0.118. The minimum Gasteiger partial charge on any atom is -0.508 e. The zero-order valence-electron chi connectivity index (χ0n) is 12.1. The van der Waals surface area contributed by atoms with E-state index in [4.69, 9.17) is 10.5 Å². The van der Waals surface area contributed by atoms with E-state index in [0.29, 0.717) is 5.56 Å². The lowest BCUT2D eigenvalue weighted by Crippen LogP contribution is -2.23. The van der Waals surface area contributed by atoms with Gasteiger partial charge in [-0.3, -0.25) is 0 Å². The van der Waals surface area contributed by atoms with Crippen molar-refractivity contribution < 1.29 is 23.0 Å². The van der Waals surface area contributed by atoms with E-state index in [-0.39, 0.29) is 28.5 Å². The topological polar surface area (TPSA) is 79.3 Å². The fourth-order valence-electron chi connectivity index (χ4n) is 2.77. The molecule has 122 valence electrons. The van der Waals surface area contributed by atoms with Gasteiger partial charge in [-0.1, -0.05) is 24.3 Å². The maximum Gasteiger partial charge on any atom is 0.416 e. The number of alkyl halides is 3. The first-order valence-corrected chi connectivity index (χ1v) is 6.89. The molecule has 1 aliphatic rings. The van der Waals surface area contributed by atoms with E-state index < -0.39 is 17.7 Å². The third-order valence-corrected chi connectivity index (χ3v) is 3.78. The molecule has 2 aromatic rings. The Morgan fingerprint density at radius 2 is 1.83 bits per heavy atom. The van der Waals surface area contributed by atoms with Crippen LogP contribution in [0.1, 0.15) is 22.6 Å². The number of nitriles is 1. The summed E-state index contributed by atoms with van der Waals surface area (Å²) in [5, 5.41) is 18.9. The lowest BCUT2D eigenvalue weighted by Gasteiger charge is -2.28. The summed E-state index contributed by atoms with van der Waals surface area (Å²) in [6.45, 7) is 0. The molecule has 0 radical (unpaired) electrons. The summed E-state index contributed by atoms with van der Waals surface area (Å²) in [7, 11) is 0. The van der Waals surface area contributed by atoms with E-state index in [0.717, 1.165) is 6.07 Å². The van der Waals surface area contributed by atoms with Gasteiger partial charge in [0.05, 0.1) is 11.5 Å². The Morgan fingerprint density at radius 3 is 2.50 bits per heavy atom. The number of rotatable bonds is 1. The highest BCUT2D eigenvalue weighted by Gasteiger charge is 2.39. The number of hydrogen-bond donors (Lipinski definition) is 2. The molecule has 0 aliphatic carbocycles. The fourth-order valence-corrected chi connectivity index (χ4v) is 2.77. The molecule has 3 rings (SSSR count). The normalized spacial score (nSPS) is 17.0. The molecule has 0 unspecified atom stereocenters. The van der Waals surface area contributed by atoms with Gasteiger partial charge in [0, 0.05) is 11.6 Å². The van der Waals surface area contributed by atoms with Gasteiger partial charge in [-0.2, -0.15) is 18.4 Å². The smallest absolute Gasteiger partial charge is 0.416 e. The van der Waals surface area contributed by atoms with Crippen molar-refractivity contribution in [1.82, 2.24) is 0 Å². The molecule has 1 atom stereocenters. The summed E-state index contributed by atoms with van der Waals surface area (Å²) in [5.41, 5.74) is 4.99. The first kappa shape index (κ1) is 15.7. The van der Waals surface area contributed by atoms with Crippen LogP contribution in [0.2, 0.25) is 0 Å². The highest BCUT2D eigenvalue weighted by Crippen LogP contribution is 2.46. The molecular weight excluding hydrogens is 321 g/mol. The van der Waals surface area contributed by atoms with Crippen LogP contribution in [0.25, 0.3) is 0 Å². The Labute approximate surface area is 135 Å². The zero-order valence-corrected chi connectivity index (χ0v) is 12.1. The summed E-state index contributed by atoms with van der Waals surface area (Å²) in [6.07, 6.45) is -4.58. The van der Waals surface area contributed by atoms with Crippen LogP contribution in [-0.4, -0.2) is 5.11 Å². The highest BCUT2D eigenvalue weighted by molar-refractivity contribution is 5.58. The second-order valence-corrected chi connectivity index (χ2v) is 5.23. The van der Waals surface area contributed by atoms with Gasteiger partial charge < -0.3 is 15.6 Å². The Hall–Kier alpha value is -3.14. The minimum absolute atomic E-state index is 0.0975. The molecule has 2 aromatic carbocycles. The third kappa shape index (κ3) is 2.52. The number of allylic oxidation sites excluding steroid dienone is 1. The van der Waals surface area contributed by atoms with E-state index in [1.807, 2.05) is 6.07 Å². The van der Waals surface area contributed by atoms with Crippen LogP contribution in [0.5, 0.6) is 11.5 Å². The van der Waals surface area contributed by atoms with Crippen molar-refractivity contribution in [2.24, 2.45) is 5.73 Å². The largest absolute Gasteiger partial charge is 0.508 e. The predicted molar refractivity (Wildman–Crippen MR) is 78.8 cm³/mol. The van der Waals surface area contributed by atoms with Crippen LogP contribution < -0.4 is 10.5 Å². The lowest BCUT2D eigenvalue weighted by atomic mass is 9.81. The zero-order chi connectivity index (χ0) is 17.5. The molecule has 0 bridgehead atoms. The number of fused-ring (bicyclic) bond motifs is 1. The average Bonchev–Trinajstić information content (AvgIpc) is 2.52. The Balaban J connectivity index is 2.30. The van der Waals surface area contributed by atoms with Gasteiger partial charge in [0.1, 0.15) is 23.1 Å². The van der Waals surface area contributed by atoms with E-state index in [1.165, 1.54) is 36.4 Å². The quantitative estimate of drug-likeness (QED) is 0.836. The Bertz CT molecular complexity index is 882. The SMILES string of the molecule is N#CC1=C(N)Oc2cc(O)ccc2[C@H]1c1ccccc1C(F)(F)F. The van der Waals surface area contributed by atoms with Crippen molar-refractivity contribution >= 4 is 0 Å². The first-order chi connectivity index (χ1) is 11.3. The molecule has 0 spiro atoms. The van der Waals surface area contributed by atoms with Crippen LogP contribution in [0.15, 0.2) is 53.9 Å².